The minimum Gasteiger partial charge on any atom is -0.490 e. The van der Waals surface area contributed by atoms with E-state index in [1.165, 1.54) is 9.80 Å². The number of carbonyl (C=O) groups excluding carboxylic acids is 2. The minimum atomic E-state index is -1.35. The van der Waals surface area contributed by atoms with Crippen LogP contribution in [0.4, 0.5) is 10.7 Å². The van der Waals surface area contributed by atoms with Crippen LogP contribution < -0.4 is 14.4 Å². The number of hydrogen-bond donors (Lipinski definition) is 1. The van der Waals surface area contributed by atoms with Crippen molar-refractivity contribution in [2.24, 2.45) is 0 Å². The number of nitrogens with zero attached hydrogens (tertiary/aromatic N) is 6. The van der Waals surface area contributed by atoms with Crippen LogP contribution in [-0.4, -0.2) is 94.5 Å². The van der Waals surface area contributed by atoms with E-state index in [9.17, 15) is 14.7 Å². The molecule has 1 N–H and O–H groups in total. The van der Waals surface area contributed by atoms with Crippen LogP contribution in [0.3, 0.4) is 0 Å². The Morgan fingerprint density at radius 3 is 2.44 bits per heavy atom. The number of hydrogen-bond acceptors (Lipinski definition) is 9. The van der Waals surface area contributed by atoms with E-state index in [4.69, 9.17) is 9.47 Å². The summed E-state index contributed by atoms with van der Waals surface area (Å²) in [4.78, 5) is 41.9. The maximum Gasteiger partial charge on any atom is 0.330 e. The Labute approximate surface area is 197 Å². The van der Waals surface area contributed by atoms with Crippen LogP contribution in [0, 0.1) is 0 Å². The number of benzene rings is 1. The van der Waals surface area contributed by atoms with E-state index in [0.717, 1.165) is 6.42 Å². The van der Waals surface area contributed by atoms with Crippen LogP contribution in [0.15, 0.2) is 36.7 Å². The maximum absolute atomic E-state index is 13.6. The van der Waals surface area contributed by atoms with Gasteiger partial charge in [0, 0.05) is 45.0 Å². The molecule has 3 amide bonds. The molecule has 11 nitrogen and oxygen atoms in total. The fourth-order valence-electron chi connectivity index (χ4n) is 4.62. The second kappa shape index (κ2) is 9.07. The summed E-state index contributed by atoms with van der Waals surface area (Å²) in [6, 6.07) is 6.50. The monoisotopic (exact) mass is 468 g/mol. The molecule has 3 aliphatic heterocycles. The van der Waals surface area contributed by atoms with Crippen molar-refractivity contribution in [1.29, 1.82) is 0 Å². The molecule has 0 unspecified atom stereocenters. The number of amides is 3. The fourth-order valence-corrected chi connectivity index (χ4v) is 4.62. The zero-order chi connectivity index (χ0) is 23.7. The van der Waals surface area contributed by atoms with Gasteiger partial charge in [0.05, 0.1) is 19.9 Å². The predicted molar refractivity (Wildman–Crippen MR) is 121 cm³/mol. The first-order valence-electron chi connectivity index (χ1n) is 11.4. The van der Waals surface area contributed by atoms with Gasteiger partial charge in [0.15, 0.2) is 11.5 Å². The molecule has 2 aromatic rings. The summed E-state index contributed by atoms with van der Waals surface area (Å²) in [7, 11) is 0. The second-order valence-corrected chi connectivity index (χ2v) is 8.66. The Balaban J connectivity index is 1.33. The lowest BCUT2D eigenvalue weighted by molar-refractivity contribution is -0.135. The number of piperazine rings is 1. The number of urea groups is 1. The van der Waals surface area contributed by atoms with Crippen molar-refractivity contribution in [1.82, 2.24) is 24.7 Å². The van der Waals surface area contributed by atoms with Gasteiger partial charge in [-0.15, -0.1) is 0 Å². The third kappa shape index (κ3) is 3.80. The van der Waals surface area contributed by atoms with Gasteiger partial charge in [-0.2, -0.15) is 0 Å². The third-order valence-electron chi connectivity index (χ3n) is 6.66. The quantitative estimate of drug-likeness (QED) is 0.638. The van der Waals surface area contributed by atoms with Gasteiger partial charge in [0.25, 0.3) is 5.91 Å². The van der Waals surface area contributed by atoms with Crippen LogP contribution in [0.25, 0.3) is 0 Å². The van der Waals surface area contributed by atoms with Gasteiger partial charge < -0.3 is 19.5 Å². The summed E-state index contributed by atoms with van der Waals surface area (Å²) >= 11 is 0. The molecule has 2 saturated heterocycles. The lowest BCUT2D eigenvalue weighted by Gasteiger charge is -2.36. The van der Waals surface area contributed by atoms with Gasteiger partial charge >= 0.3 is 6.03 Å². The van der Waals surface area contributed by atoms with Gasteiger partial charge in [0.1, 0.15) is 12.3 Å². The molecule has 11 heteroatoms. The summed E-state index contributed by atoms with van der Waals surface area (Å²) in [5, 5.41) is 10.1. The standard InChI is InChI=1S/C23H28N6O5/c1-23(17-4-5-18-19(14-17)34-13-3-12-33-18)20(31)28(22(32)29(23)16-30)15-26-8-10-27(11-9-26)21-24-6-2-7-25-21/h2,4-7,14,30H,3,8-13,15-16H2,1H3/t23-/m0/s1. The Bertz CT molecular complexity index is 1060. The summed E-state index contributed by atoms with van der Waals surface area (Å²) in [6.07, 6.45) is 4.18. The number of fused-ring (bicyclic) bond motifs is 1. The molecule has 0 aliphatic carbocycles. The van der Waals surface area contributed by atoms with E-state index < -0.39 is 18.3 Å². The number of carbonyl (C=O) groups is 2. The van der Waals surface area contributed by atoms with Gasteiger partial charge in [-0.3, -0.25) is 14.6 Å². The van der Waals surface area contributed by atoms with Crippen molar-refractivity contribution in [2.75, 3.05) is 57.7 Å². The normalized spacial score (nSPS) is 23.4. The minimum absolute atomic E-state index is 0.151. The Morgan fingerprint density at radius 2 is 1.74 bits per heavy atom. The first-order chi connectivity index (χ1) is 16.5. The van der Waals surface area contributed by atoms with Crippen LogP contribution in [-0.2, 0) is 10.3 Å². The molecule has 34 heavy (non-hydrogen) atoms. The maximum atomic E-state index is 13.6. The molecule has 5 rings (SSSR count). The summed E-state index contributed by atoms with van der Waals surface area (Å²) in [5.41, 5.74) is -0.784. The number of aliphatic hydroxyl groups is 1. The molecule has 0 saturated carbocycles. The van der Waals surface area contributed by atoms with Crippen LogP contribution in [0.1, 0.15) is 18.9 Å². The number of aromatic nitrogens is 2. The molecule has 0 radical (unpaired) electrons. The molecule has 1 aromatic heterocycles. The Kier molecular flexibility index (Phi) is 5.96. The SMILES string of the molecule is C[C@]1(c2ccc3c(c2)OCCCO3)C(=O)N(CN2CCN(c3ncccn3)CC2)C(=O)N1CO. The van der Waals surface area contributed by atoms with E-state index in [2.05, 4.69) is 14.9 Å². The highest BCUT2D eigenvalue weighted by molar-refractivity contribution is 6.07. The van der Waals surface area contributed by atoms with Crippen molar-refractivity contribution >= 4 is 17.9 Å². The molecule has 0 spiro atoms. The summed E-state index contributed by atoms with van der Waals surface area (Å²) in [5.74, 6) is 1.43. The van der Waals surface area contributed by atoms with E-state index >= 15 is 0 Å². The van der Waals surface area contributed by atoms with Crippen LogP contribution in [0.2, 0.25) is 0 Å². The van der Waals surface area contributed by atoms with Crippen LogP contribution >= 0.6 is 0 Å². The third-order valence-corrected chi connectivity index (χ3v) is 6.66. The number of imide groups is 1. The molecule has 1 aromatic carbocycles. The average molecular weight is 469 g/mol. The van der Waals surface area contributed by atoms with Crippen LogP contribution in [0.5, 0.6) is 11.5 Å². The largest absolute Gasteiger partial charge is 0.490 e. The van der Waals surface area contributed by atoms with Gasteiger partial charge in [-0.25, -0.2) is 19.7 Å². The Hall–Kier alpha value is -3.44. The highest BCUT2D eigenvalue weighted by atomic mass is 16.5. The second-order valence-electron chi connectivity index (χ2n) is 8.66. The van der Waals surface area contributed by atoms with Crippen molar-refractivity contribution in [3.05, 3.63) is 42.2 Å². The molecule has 4 heterocycles. The summed E-state index contributed by atoms with van der Waals surface area (Å²) in [6.45, 7) is 4.96. The number of ether oxygens (including phenoxy) is 2. The van der Waals surface area contributed by atoms with Crippen molar-refractivity contribution < 1.29 is 24.2 Å². The highest BCUT2D eigenvalue weighted by Crippen LogP contribution is 2.41. The lowest BCUT2D eigenvalue weighted by atomic mass is 9.90. The molecule has 2 fully saturated rings. The van der Waals surface area contributed by atoms with E-state index in [0.29, 0.717) is 62.4 Å². The van der Waals surface area contributed by atoms with Crippen molar-refractivity contribution in [2.45, 2.75) is 18.9 Å². The Morgan fingerprint density at radius 1 is 1.03 bits per heavy atom. The summed E-state index contributed by atoms with van der Waals surface area (Å²) < 4.78 is 11.5. The average Bonchev–Trinajstić information content (AvgIpc) is 3.03. The molecular formula is C23H28N6O5. The fraction of sp³-hybridized carbons (Fsp3) is 0.478. The van der Waals surface area contributed by atoms with E-state index in [1.807, 2.05) is 4.90 Å². The highest BCUT2D eigenvalue weighted by Gasteiger charge is 2.55. The van der Waals surface area contributed by atoms with E-state index in [-0.39, 0.29) is 12.6 Å². The van der Waals surface area contributed by atoms with Gasteiger partial charge in [-0.1, -0.05) is 6.07 Å². The van der Waals surface area contributed by atoms with Gasteiger partial charge in [-0.05, 0) is 30.7 Å². The number of rotatable bonds is 5. The molecular weight excluding hydrogens is 440 g/mol. The topological polar surface area (TPSA) is 112 Å². The molecule has 0 bridgehead atoms. The molecule has 3 aliphatic rings. The number of anilines is 1. The lowest BCUT2D eigenvalue weighted by Crippen LogP contribution is -2.52. The number of aliphatic hydroxyl groups excluding tert-OH is 1. The van der Waals surface area contributed by atoms with E-state index in [1.54, 1.807) is 43.6 Å². The van der Waals surface area contributed by atoms with Crippen molar-refractivity contribution in [3.8, 4) is 11.5 Å². The molecule has 180 valence electrons. The van der Waals surface area contributed by atoms with Gasteiger partial charge in [0.2, 0.25) is 5.95 Å². The first-order valence-corrected chi connectivity index (χ1v) is 11.4. The first kappa shape index (κ1) is 22.4. The zero-order valence-corrected chi connectivity index (χ0v) is 19.1. The zero-order valence-electron chi connectivity index (χ0n) is 19.1. The smallest absolute Gasteiger partial charge is 0.330 e. The predicted octanol–water partition coefficient (Wildman–Crippen LogP) is 0.847. The van der Waals surface area contributed by atoms with Crippen molar-refractivity contribution in [3.63, 3.8) is 0 Å². The molecule has 1 atom stereocenters.